The van der Waals surface area contributed by atoms with E-state index in [1.54, 1.807) is 0 Å². The molecule has 2 N–H and O–H groups in total. The number of urea groups is 1. The Bertz CT molecular complexity index is 810. The summed E-state index contributed by atoms with van der Waals surface area (Å²) < 4.78 is 0. The average Bonchev–Trinajstić information content (AvgIpc) is 2.83. The van der Waals surface area contributed by atoms with Crippen molar-refractivity contribution in [1.82, 2.24) is 10.2 Å². The first-order valence-electron chi connectivity index (χ1n) is 10.7. The van der Waals surface area contributed by atoms with Crippen molar-refractivity contribution >= 4 is 23.5 Å². The third-order valence-electron chi connectivity index (χ3n) is 6.19. The Morgan fingerprint density at radius 2 is 1.79 bits per heavy atom. The summed E-state index contributed by atoms with van der Waals surface area (Å²) in [4.78, 5) is 39.7. The van der Waals surface area contributed by atoms with Crippen molar-refractivity contribution in [3.8, 4) is 0 Å². The summed E-state index contributed by atoms with van der Waals surface area (Å²) in [7, 11) is 0. The Morgan fingerprint density at radius 1 is 1.17 bits per heavy atom. The smallest absolute Gasteiger partial charge is 0.324 e. The van der Waals surface area contributed by atoms with Crippen LogP contribution in [0.1, 0.15) is 65.0 Å². The van der Waals surface area contributed by atoms with E-state index in [2.05, 4.69) is 31.4 Å². The van der Waals surface area contributed by atoms with Gasteiger partial charge in [0.1, 0.15) is 12.1 Å². The molecule has 0 aromatic heterocycles. The molecule has 6 heteroatoms. The van der Waals surface area contributed by atoms with Gasteiger partial charge in [0.05, 0.1) is 0 Å². The van der Waals surface area contributed by atoms with E-state index in [4.69, 9.17) is 0 Å². The molecule has 158 valence electrons. The number of hydrogen-bond acceptors (Lipinski definition) is 3. The second-order valence-corrected chi connectivity index (χ2v) is 9.46. The Labute approximate surface area is 173 Å². The maximum atomic E-state index is 13.2. The van der Waals surface area contributed by atoms with E-state index < -0.39 is 11.6 Å². The van der Waals surface area contributed by atoms with Crippen LogP contribution >= 0.6 is 0 Å². The zero-order valence-corrected chi connectivity index (χ0v) is 18.2. The first-order valence-corrected chi connectivity index (χ1v) is 10.7. The van der Waals surface area contributed by atoms with Crippen LogP contribution in [0.3, 0.4) is 0 Å². The number of carbonyl (C=O) groups excluding carboxylic acids is 3. The SMILES string of the molecule is CCc1cccc(CC)c1NC(=O)CN1C(=O)NC2(CC(C)CC(C)(C)C2)C1=O. The van der Waals surface area contributed by atoms with Crippen molar-refractivity contribution in [1.29, 1.82) is 0 Å². The number of hydrogen-bond donors (Lipinski definition) is 2. The summed E-state index contributed by atoms with van der Waals surface area (Å²) in [5.74, 6) is -0.277. The van der Waals surface area contributed by atoms with E-state index in [0.717, 1.165) is 41.0 Å². The lowest BCUT2D eigenvalue weighted by atomic mass is 9.64. The van der Waals surface area contributed by atoms with Gasteiger partial charge in [-0.25, -0.2) is 4.79 Å². The molecule has 1 aromatic carbocycles. The predicted octanol–water partition coefficient (Wildman–Crippen LogP) is 3.89. The fourth-order valence-corrected chi connectivity index (χ4v) is 5.38. The van der Waals surface area contributed by atoms with Gasteiger partial charge in [0.2, 0.25) is 5.91 Å². The molecule has 29 heavy (non-hydrogen) atoms. The fraction of sp³-hybridized carbons (Fsp3) is 0.609. The molecule has 2 atom stereocenters. The monoisotopic (exact) mass is 399 g/mol. The van der Waals surface area contributed by atoms with Gasteiger partial charge in [-0.05, 0) is 54.6 Å². The third kappa shape index (κ3) is 4.16. The molecule has 3 rings (SSSR count). The average molecular weight is 400 g/mol. The lowest BCUT2D eigenvalue weighted by molar-refractivity contribution is -0.136. The van der Waals surface area contributed by atoms with Crippen LogP contribution in [-0.2, 0) is 22.4 Å². The number of nitrogens with zero attached hydrogens (tertiary/aromatic N) is 1. The number of anilines is 1. The van der Waals surface area contributed by atoms with Gasteiger partial charge in [-0.15, -0.1) is 0 Å². The van der Waals surface area contributed by atoms with Crippen LogP contribution in [0.5, 0.6) is 0 Å². The van der Waals surface area contributed by atoms with Crippen LogP contribution in [0.2, 0.25) is 0 Å². The van der Waals surface area contributed by atoms with Crippen LogP contribution in [0.25, 0.3) is 0 Å². The van der Waals surface area contributed by atoms with Gasteiger partial charge in [-0.1, -0.05) is 52.8 Å². The van der Waals surface area contributed by atoms with E-state index in [0.29, 0.717) is 18.8 Å². The third-order valence-corrected chi connectivity index (χ3v) is 6.19. The standard InChI is InChI=1S/C23H33N3O3/c1-6-16-9-8-10-17(7-2)19(16)24-18(27)13-26-20(28)23(25-21(26)29)12-15(3)11-22(4,5)14-23/h8-10,15H,6-7,11-14H2,1-5H3,(H,24,27)(H,25,29). The Kier molecular flexibility index (Phi) is 5.74. The molecule has 1 aliphatic heterocycles. The van der Waals surface area contributed by atoms with Crippen LogP contribution in [0.4, 0.5) is 10.5 Å². The Morgan fingerprint density at radius 3 is 2.34 bits per heavy atom. The topological polar surface area (TPSA) is 78.5 Å². The number of nitrogens with one attached hydrogen (secondary N) is 2. The minimum Gasteiger partial charge on any atom is -0.324 e. The van der Waals surface area contributed by atoms with E-state index in [1.165, 1.54) is 0 Å². The number of para-hydroxylation sites is 1. The lowest BCUT2D eigenvalue weighted by Gasteiger charge is -2.43. The van der Waals surface area contributed by atoms with Gasteiger partial charge in [-0.2, -0.15) is 0 Å². The van der Waals surface area contributed by atoms with Gasteiger partial charge in [-0.3, -0.25) is 14.5 Å². The zero-order valence-electron chi connectivity index (χ0n) is 18.2. The van der Waals surface area contributed by atoms with Crippen molar-refractivity contribution in [2.45, 2.75) is 72.3 Å². The lowest BCUT2D eigenvalue weighted by Crippen LogP contribution is -2.54. The minimum atomic E-state index is -0.881. The van der Waals surface area contributed by atoms with Crippen molar-refractivity contribution < 1.29 is 14.4 Å². The Hall–Kier alpha value is -2.37. The normalized spacial score (nSPS) is 26.0. The maximum absolute atomic E-state index is 13.2. The number of amides is 4. The molecular formula is C23H33N3O3. The fourth-order valence-electron chi connectivity index (χ4n) is 5.38. The highest BCUT2D eigenvalue weighted by atomic mass is 16.2. The van der Waals surface area contributed by atoms with Crippen molar-refractivity contribution in [2.24, 2.45) is 11.3 Å². The number of aryl methyl sites for hydroxylation is 2. The highest BCUT2D eigenvalue weighted by Gasteiger charge is 2.56. The number of rotatable bonds is 5. The van der Waals surface area contributed by atoms with Crippen molar-refractivity contribution in [3.63, 3.8) is 0 Å². The van der Waals surface area contributed by atoms with E-state index >= 15 is 0 Å². The largest absolute Gasteiger partial charge is 0.325 e. The molecule has 0 bridgehead atoms. The molecular weight excluding hydrogens is 366 g/mol. The molecule has 2 fully saturated rings. The maximum Gasteiger partial charge on any atom is 0.325 e. The van der Waals surface area contributed by atoms with Crippen LogP contribution in [-0.4, -0.2) is 34.8 Å². The van der Waals surface area contributed by atoms with Gasteiger partial charge in [0.25, 0.3) is 5.91 Å². The highest BCUT2D eigenvalue weighted by molar-refractivity contribution is 6.10. The Balaban J connectivity index is 1.77. The molecule has 2 unspecified atom stereocenters. The van der Waals surface area contributed by atoms with Gasteiger partial charge >= 0.3 is 6.03 Å². The number of carbonyl (C=O) groups is 3. The van der Waals surface area contributed by atoms with E-state index in [-0.39, 0.29) is 23.8 Å². The zero-order chi connectivity index (χ0) is 21.4. The van der Waals surface area contributed by atoms with Gasteiger partial charge in [0.15, 0.2) is 0 Å². The van der Waals surface area contributed by atoms with Crippen molar-refractivity contribution in [3.05, 3.63) is 29.3 Å². The molecule has 1 heterocycles. The van der Waals surface area contributed by atoms with E-state index in [9.17, 15) is 14.4 Å². The minimum absolute atomic E-state index is 0.0328. The first kappa shape index (κ1) is 21.3. The molecule has 6 nitrogen and oxygen atoms in total. The number of imide groups is 1. The molecule has 1 saturated carbocycles. The van der Waals surface area contributed by atoms with Crippen LogP contribution < -0.4 is 10.6 Å². The molecule has 1 saturated heterocycles. The molecule has 0 radical (unpaired) electrons. The van der Waals surface area contributed by atoms with Crippen LogP contribution in [0.15, 0.2) is 18.2 Å². The molecule has 1 aliphatic carbocycles. The van der Waals surface area contributed by atoms with Crippen LogP contribution in [0, 0.1) is 11.3 Å². The summed E-state index contributed by atoms with van der Waals surface area (Å²) in [6, 6.07) is 5.50. The second-order valence-electron chi connectivity index (χ2n) is 9.46. The molecule has 1 aromatic rings. The number of benzene rings is 1. The molecule has 1 spiro atoms. The van der Waals surface area contributed by atoms with E-state index in [1.807, 2.05) is 32.0 Å². The van der Waals surface area contributed by atoms with Gasteiger partial charge in [0, 0.05) is 5.69 Å². The second kappa shape index (κ2) is 7.81. The van der Waals surface area contributed by atoms with Gasteiger partial charge < -0.3 is 10.6 Å². The molecule has 4 amide bonds. The van der Waals surface area contributed by atoms with Crippen molar-refractivity contribution in [2.75, 3.05) is 11.9 Å². The summed E-state index contributed by atoms with van der Waals surface area (Å²) in [6.07, 6.45) is 3.83. The molecule has 2 aliphatic rings. The summed E-state index contributed by atoms with van der Waals surface area (Å²) in [6.45, 7) is 10.2. The summed E-state index contributed by atoms with van der Waals surface area (Å²) >= 11 is 0. The predicted molar refractivity (Wildman–Crippen MR) is 114 cm³/mol. The quantitative estimate of drug-likeness (QED) is 0.738. The summed E-state index contributed by atoms with van der Waals surface area (Å²) in [5.41, 5.74) is 1.99. The first-order chi connectivity index (χ1) is 13.6. The highest BCUT2D eigenvalue weighted by Crippen LogP contribution is 2.46. The summed E-state index contributed by atoms with van der Waals surface area (Å²) in [5, 5.41) is 5.88.